The Morgan fingerprint density at radius 2 is 2.41 bits per heavy atom. The minimum atomic E-state index is -0.135. The van der Waals surface area contributed by atoms with Gasteiger partial charge in [0.1, 0.15) is 11.5 Å². The number of aromatic nitrogens is 2. The largest absolute Gasteiger partial charge is 0.492 e. The van der Waals surface area contributed by atoms with Gasteiger partial charge in [0.25, 0.3) is 0 Å². The molecule has 4 nitrogen and oxygen atoms in total. The molecule has 0 saturated heterocycles. The molecule has 1 atom stereocenters. The fourth-order valence-corrected chi connectivity index (χ4v) is 1.55. The zero-order chi connectivity index (χ0) is 12.8. The molecule has 1 rings (SSSR count). The second kappa shape index (κ2) is 6.02. The van der Waals surface area contributed by atoms with Crippen LogP contribution in [0.25, 0.3) is 5.76 Å². The monoisotopic (exact) mass is 232 g/mol. The summed E-state index contributed by atoms with van der Waals surface area (Å²) in [6.45, 7) is 7.99. The number of terminal acetylenes is 1. The Kier molecular flexibility index (Phi) is 4.68. The summed E-state index contributed by atoms with van der Waals surface area (Å²) < 4.78 is 5.32. The molecular formula is C13H16N2O2. The van der Waals surface area contributed by atoms with Crippen LogP contribution in [0.4, 0.5) is 0 Å². The highest BCUT2D eigenvalue weighted by molar-refractivity contribution is 5.61. The molecule has 0 saturated carbocycles. The number of aliphatic hydroxyl groups is 1. The fraction of sp³-hybridized carbons (Fsp3) is 0.385. The van der Waals surface area contributed by atoms with Crippen LogP contribution in [0.2, 0.25) is 0 Å². The van der Waals surface area contributed by atoms with Crippen molar-refractivity contribution < 1.29 is 9.84 Å². The van der Waals surface area contributed by atoms with E-state index in [2.05, 4.69) is 22.7 Å². The molecule has 0 bridgehead atoms. The van der Waals surface area contributed by atoms with Crippen LogP contribution in [0, 0.1) is 12.3 Å². The zero-order valence-corrected chi connectivity index (χ0v) is 10.1. The Morgan fingerprint density at radius 1 is 1.71 bits per heavy atom. The summed E-state index contributed by atoms with van der Waals surface area (Å²) in [5.41, 5.74) is 1.88. The first-order valence-electron chi connectivity index (χ1n) is 5.40. The number of hydrogen-bond acceptors (Lipinski definition) is 4. The molecule has 0 fully saturated rings. The van der Waals surface area contributed by atoms with Crippen LogP contribution in [-0.4, -0.2) is 28.5 Å². The maximum Gasteiger partial charge on any atom is 0.139 e. The molecule has 1 aromatic rings. The van der Waals surface area contributed by atoms with Crippen molar-refractivity contribution in [3.63, 3.8) is 0 Å². The smallest absolute Gasteiger partial charge is 0.139 e. The maximum atomic E-state index is 9.26. The zero-order valence-electron chi connectivity index (χ0n) is 10.1. The highest BCUT2D eigenvalue weighted by atomic mass is 16.5. The predicted molar refractivity (Wildman–Crippen MR) is 66.1 cm³/mol. The van der Waals surface area contributed by atoms with Crippen LogP contribution in [0.5, 0.6) is 0 Å². The molecule has 1 heterocycles. The van der Waals surface area contributed by atoms with Crippen molar-refractivity contribution in [2.24, 2.45) is 0 Å². The minimum Gasteiger partial charge on any atom is -0.492 e. The van der Waals surface area contributed by atoms with E-state index in [-0.39, 0.29) is 12.5 Å². The van der Waals surface area contributed by atoms with Gasteiger partial charge in [0, 0.05) is 18.1 Å². The van der Waals surface area contributed by atoms with Crippen LogP contribution in [0.3, 0.4) is 0 Å². The van der Waals surface area contributed by atoms with Crippen LogP contribution >= 0.6 is 0 Å². The van der Waals surface area contributed by atoms with Crippen molar-refractivity contribution in [1.29, 1.82) is 0 Å². The summed E-state index contributed by atoms with van der Waals surface area (Å²) in [7, 11) is 0. The van der Waals surface area contributed by atoms with Gasteiger partial charge in [0.2, 0.25) is 0 Å². The molecule has 0 aliphatic rings. The van der Waals surface area contributed by atoms with Gasteiger partial charge < -0.3 is 9.84 Å². The normalized spacial score (nSPS) is 11.6. The molecule has 0 aliphatic carbocycles. The van der Waals surface area contributed by atoms with Crippen molar-refractivity contribution in [2.75, 3.05) is 13.2 Å². The Morgan fingerprint density at radius 3 is 2.94 bits per heavy atom. The molecular weight excluding hydrogens is 216 g/mol. The van der Waals surface area contributed by atoms with Crippen LogP contribution < -0.4 is 0 Å². The standard InChI is InChI=1S/C13H16N2O2/c1-5-11-7-14-15-13(10(4)17-6-2)12(11)9(3)8-16/h1,7,9,16H,4,6,8H2,2-3H3. The first-order valence-corrected chi connectivity index (χ1v) is 5.40. The average Bonchev–Trinajstić information content (AvgIpc) is 2.37. The van der Waals surface area contributed by atoms with Crippen LogP contribution in [0.1, 0.15) is 36.6 Å². The van der Waals surface area contributed by atoms with Crippen molar-refractivity contribution in [3.05, 3.63) is 29.6 Å². The third-order valence-corrected chi connectivity index (χ3v) is 2.39. The molecule has 1 N–H and O–H groups in total. The Balaban J connectivity index is 3.30. The summed E-state index contributed by atoms with van der Waals surface area (Å²) in [5, 5.41) is 17.1. The number of hydrogen-bond donors (Lipinski definition) is 1. The van der Waals surface area contributed by atoms with E-state index in [1.807, 2.05) is 13.8 Å². The van der Waals surface area contributed by atoms with E-state index in [0.717, 1.165) is 5.56 Å². The molecule has 1 aromatic heterocycles. The Hall–Kier alpha value is -1.86. The number of ether oxygens (including phenoxy) is 1. The van der Waals surface area contributed by atoms with Gasteiger partial charge in [-0.2, -0.15) is 5.10 Å². The minimum absolute atomic E-state index is 0.0211. The topological polar surface area (TPSA) is 55.2 Å². The summed E-state index contributed by atoms with van der Waals surface area (Å²) in [4.78, 5) is 0. The molecule has 90 valence electrons. The van der Waals surface area contributed by atoms with Gasteiger partial charge in [-0.25, -0.2) is 0 Å². The van der Waals surface area contributed by atoms with Crippen molar-refractivity contribution >= 4 is 5.76 Å². The number of rotatable bonds is 5. The van der Waals surface area contributed by atoms with Crippen molar-refractivity contribution in [2.45, 2.75) is 19.8 Å². The molecule has 0 aromatic carbocycles. The van der Waals surface area contributed by atoms with Gasteiger partial charge in [0.05, 0.1) is 18.4 Å². The molecule has 0 aliphatic heterocycles. The third kappa shape index (κ3) is 2.83. The highest BCUT2D eigenvalue weighted by Gasteiger charge is 2.18. The lowest BCUT2D eigenvalue weighted by atomic mass is 9.95. The van der Waals surface area contributed by atoms with Crippen LogP contribution in [0.15, 0.2) is 12.8 Å². The van der Waals surface area contributed by atoms with Crippen molar-refractivity contribution in [3.8, 4) is 12.3 Å². The summed E-state index contributed by atoms with van der Waals surface area (Å²) in [5.74, 6) is 2.83. The fourth-order valence-electron chi connectivity index (χ4n) is 1.55. The quantitative estimate of drug-likeness (QED) is 0.618. The Labute approximate surface area is 101 Å². The van der Waals surface area contributed by atoms with Crippen molar-refractivity contribution in [1.82, 2.24) is 10.2 Å². The van der Waals surface area contributed by atoms with Gasteiger partial charge in [-0.15, -0.1) is 11.5 Å². The molecule has 4 heteroatoms. The maximum absolute atomic E-state index is 9.26. The van der Waals surface area contributed by atoms with E-state index < -0.39 is 0 Å². The van der Waals surface area contributed by atoms with E-state index in [4.69, 9.17) is 11.2 Å². The van der Waals surface area contributed by atoms with Gasteiger partial charge in [-0.05, 0) is 6.92 Å². The molecule has 1 unspecified atom stereocenters. The molecule has 0 spiro atoms. The van der Waals surface area contributed by atoms with E-state index >= 15 is 0 Å². The lowest BCUT2D eigenvalue weighted by Crippen LogP contribution is -2.10. The lowest BCUT2D eigenvalue weighted by Gasteiger charge is -2.16. The Bertz CT molecular complexity index is 449. The molecule has 0 amide bonds. The summed E-state index contributed by atoms with van der Waals surface area (Å²) >= 11 is 0. The summed E-state index contributed by atoms with van der Waals surface area (Å²) in [6.07, 6.45) is 6.92. The first-order chi connectivity index (χ1) is 8.15. The van der Waals surface area contributed by atoms with E-state index in [1.165, 1.54) is 6.20 Å². The van der Waals surface area contributed by atoms with E-state index in [0.29, 0.717) is 23.6 Å². The van der Waals surface area contributed by atoms with Gasteiger partial charge in [0.15, 0.2) is 0 Å². The van der Waals surface area contributed by atoms with Crippen LogP contribution in [-0.2, 0) is 4.74 Å². The second-order valence-electron chi connectivity index (χ2n) is 3.60. The average molecular weight is 232 g/mol. The third-order valence-electron chi connectivity index (χ3n) is 2.39. The van der Waals surface area contributed by atoms with Gasteiger partial charge in [-0.3, -0.25) is 0 Å². The highest BCUT2D eigenvalue weighted by Crippen LogP contribution is 2.26. The lowest BCUT2D eigenvalue weighted by molar-refractivity contribution is 0.270. The summed E-state index contributed by atoms with van der Waals surface area (Å²) in [6, 6.07) is 0. The SMILES string of the molecule is C#Cc1cnnc(C(=C)OCC)c1C(C)CO. The van der Waals surface area contributed by atoms with Gasteiger partial charge >= 0.3 is 0 Å². The molecule has 17 heavy (non-hydrogen) atoms. The van der Waals surface area contributed by atoms with E-state index in [1.54, 1.807) is 0 Å². The van der Waals surface area contributed by atoms with Gasteiger partial charge in [-0.1, -0.05) is 19.4 Å². The number of nitrogens with zero attached hydrogens (tertiary/aromatic N) is 2. The second-order valence-corrected chi connectivity index (χ2v) is 3.60. The molecule has 0 radical (unpaired) electrons. The predicted octanol–water partition coefficient (Wildman–Crippen LogP) is 1.56. The first kappa shape index (κ1) is 13.2. The number of aliphatic hydroxyl groups excluding tert-OH is 1. The van der Waals surface area contributed by atoms with E-state index in [9.17, 15) is 5.11 Å².